The Morgan fingerprint density at radius 3 is 2.59 bits per heavy atom. The molecule has 2 atom stereocenters. The van der Waals surface area contributed by atoms with Gasteiger partial charge in [-0.25, -0.2) is 13.3 Å². The molecule has 1 aromatic rings. The van der Waals surface area contributed by atoms with Crippen molar-refractivity contribution in [1.29, 1.82) is 0 Å². The molecule has 0 aliphatic carbocycles. The SMILES string of the molecule is CC(C)OC(=O)c1ccccc1OP(=O)(O)OSC(C)CN. The number of ether oxygens (including phenoxy) is 1. The molecule has 0 spiro atoms. The molecule has 2 unspecified atom stereocenters. The third-order valence-corrected chi connectivity index (χ3v) is 4.34. The van der Waals surface area contributed by atoms with Gasteiger partial charge in [0.1, 0.15) is 11.3 Å². The predicted octanol–water partition coefficient (Wildman–Crippen LogP) is 2.74. The highest BCUT2D eigenvalue weighted by molar-refractivity contribution is 7.98. The molecular formula is C13H20NO6PS. The summed E-state index contributed by atoms with van der Waals surface area (Å²) in [5.74, 6) is -0.728. The number of hydrogen-bond donors (Lipinski definition) is 2. The summed E-state index contributed by atoms with van der Waals surface area (Å²) in [5.41, 5.74) is 5.44. The second-order valence-corrected chi connectivity index (χ2v) is 7.44. The van der Waals surface area contributed by atoms with Crippen LogP contribution >= 0.6 is 19.9 Å². The highest BCUT2D eigenvalue weighted by Crippen LogP contribution is 2.48. The Morgan fingerprint density at radius 2 is 2.00 bits per heavy atom. The van der Waals surface area contributed by atoms with Gasteiger partial charge in [0.2, 0.25) is 0 Å². The summed E-state index contributed by atoms with van der Waals surface area (Å²) in [5, 5.41) is -0.176. The lowest BCUT2D eigenvalue weighted by Gasteiger charge is -2.16. The van der Waals surface area contributed by atoms with E-state index in [1.165, 1.54) is 12.1 Å². The van der Waals surface area contributed by atoms with E-state index >= 15 is 0 Å². The van der Waals surface area contributed by atoms with Crippen molar-refractivity contribution < 1.29 is 27.5 Å². The molecule has 0 aliphatic rings. The van der Waals surface area contributed by atoms with Gasteiger partial charge in [-0.05, 0) is 32.9 Å². The number of nitrogens with two attached hydrogens (primary N) is 1. The van der Waals surface area contributed by atoms with Gasteiger partial charge in [0.15, 0.2) is 0 Å². The van der Waals surface area contributed by atoms with Crippen LogP contribution in [0.2, 0.25) is 0 Å². The minimum absolute atomic E-state index is 0.0472. The maximum absolute atomic E-state index is 11.9. The molecule has 0 radical (unpaired) electrons. The Hall–Kier alpha value is -1.05. The number of phosphoric acid groups is 1. The van der Waals surface area contributed by atoms with E-state index in [2.05, 4.69) is 0 Å². The Balaban J connectivity index is 2.84. The number of carbonyl (C=O) groups is 1. The molecular weight excluding hydrogens is 329 g/mol. The second-order valence-electron chi connectivity index (χ2n) is 4.73. The van der Waals surface area contributed by atoms with Gasteiger partial charge in [0.25, 0.3) is 0 Å². The molecule has 1 aromatic carbocycles. The van der Waals surface area contributed by atoms with E-state index in [9.17, 15) is 14.3 Å². The van der Waals surface area contributed by atoms with Crippen molar-refractivity contribution in [3.63, 3.8) is 0 Å². The molecule has 124 valence electrons. The highest BCUT2D eigenvalue weighted by atomic mass is 32.2. The van der Waals surface area contributed by atoms with Crippen molar-refractivity contribution in [3.8, 4) is 5.75 Å². The summed E-state index contributed by atoms with van der Waals surface area (Å²) in [6, 6.07) is 5.99. The van der Waals surface area contributed by atoms with Gasteiger partial charge in [0.05, 0.1) is 6.10 Å². The summed E-state index contributed by atoms with van der Waals surface area (Å²) in [6.45, 7) is 5.42. The third kappa shape index (κ3) is 6.37. The van der Waals surface area contributed by atoms with Gasteiger partial charge in [-0.1, -0.05) is 12.1 Å². The van der Waals surface area contributed by atoms with Crippen molar-refractivity contribution >= 4 is 25.8 Å². The molecule has 0 saturated heterocycles. The fraction of sp³-hybridized carbons (Fsp3) is 0.462. The predicted molar refractivity (Wildman–Crippen MR) is 84.6 cm³/mol. The number of phosphoric ester groups is 1. The Labute approximate surface area is 134 Å². The monoisotopic (exact) mass is 349 g/mol. The van der Waals surface area contributed by atoms with Crippen LogP contribution in [-0.4, -0.2) is 28.8 Å². The first-order valence-corrected chi connectivity index (χ1v) is 8.92. The molecule has 7 nitrogen and oxygen atoms in total. The minimum Gasteiger partial charge on any atom is -0.459 e. The van der Waals surface area contributed by atoms with Crippen LogP contribution in [0.25, 0.3) is 0 Å². The molecule has 0 saturated carbocycles. The maximum atomic E-state index is 11.9. The van der Waals surface area contributed by atoms with Gasteiger partial charge in [0, 0.05) is 23.8 Å². The number of rotatable bonds is 8. The van der Waals surface area contributed by atoms with E-state index < -0.39 is 13.8 Å². The van der Waals surface area contributed by atoms with E-state index in [1.807, 2.05) is 0 Å². The van der Waals surface area contributed by atoms with Crippen molar-refractivity contribution in [3.05, 3.63) is 29.8 Å². The quantitative estimate of drug-likeness (QED) is 0.419. The van der Waals surface area contributed by atoms with E-state index in [-0.39, 0.29) is 29.2 Å². The summed E-state index contributed by atoms with van der Waals surface area (Å²) < 4.78 is 26.7. The van der Waals surface area contributed by atoms with E-state index in [4.69, 9.17) is 19.0 Å². The number of carbonyl (C=O) groups excluding carboxylic acids is 1. The first kappa shape index (κ1) is 19.0. The zero-order chi connectivity index (χ0) is 16.8. The molecule has 0 fully saturated rings. The van der Waals surface area contributed by atoms with Crippen LogP contribution in [0.15, 0.2) is 24.3 Å². The van der Waals surface area contributed by atoms with Crippen LogP contribution in [0.1, 0.15) is 31.1 Å². The molecule has 0 amide bonds. The van der Waals surface area contributed by atoms with Gasteiger partial charge >= 0.3 is 13.8 Å². The van der Waals surface area contributed by atoms with Crippen LogP contribution in [0.5, 0.6) is 5.75 Å². The fourth-order valence-electron chi connectivity index (χ4n) is 1.30. The normalized spacial score (nSPS) is 15.2. The largest absolute Gasteiger partial charge is 0.538 e. The summed E-state index contributed by atoms with van der Waals surface area (Å²) >= 11 is 0.748. The average Bonchev–Trinajstić information content (AvgIpc) is 2.44. The minimum atomic E-state index is -4.38. The van der Waals surface area contributed by atoms with Crippen molar-refractivity contribution in [2.24, 2.45) is 5.73 Å². The van der Waals surface area contributed by atoms with Crippen LogP contribution in [0, 0.1) is 0 Å². The summed E-state index contributed by atoms with van der Waals surface area (Å²) in [4.78, 5) is 21.6. The Kier molecular flexibility index (Phi) is 7.38. The van der Waals surface area contributed by atoms with Crippen molar-refractivity contribution in [2.45, 2.75) is 32.1 Å². The van der Waals surface area contributed by atoms with E-state index in [0.717, 1.165) is 12.0 Å². The number of hydrogen-bond acceptors (Lipinski definition) is 7. The molecule has 9 heteroatoms. The maximum Gasteiger partial charge on any atom is 0.538 e. The Bertz CT molecular complexity index is 553. The van der Waals surface area contributed by atoms with Crippen LogP contribution < -0.4 is 10.3 Å². The summed E-state index contributed by atoms with van der Waals surface area (Å²) in [6.07, 6.45) is -0.321. The molecule has 0 bridgehead atoms. The first-order chi connectivity index (χ1) is 10.2. The van der Waals surface area contributed by atoms with E-state index in [0.29, 0.717) is 0 Å². The molecule has 0 aliphatic heterocycles. The number of benzene rings is 1. The van der Waals surface area contributed by atoms with Gasteiger partial charge in [-0.2, -0.15) is 0 Å². The average molecular weight is 349 g/mol. The lowest BCUT2D eigenvalue weighted by molar-refractivity contribution is 0.0376. The zero-order valence-corrected chi connectivity index (χ0v) is 14.3. The molecule has 1 rings (SSSR count). The highest BCUT2D eigenvalue weighted by Gasteiger charge is 2.28. The fourth-order valence-corrected chi connectivity index (χ4v) is 2.93. The lowest BCUT2D eigenvalue weighted by atomic mass is 10.2. The molecule has 0 heterocycles. The van der Waals surface area contributed by atoms with Crippen molar-refractivity contribution in [2.75, 3.05) is 6.54 Å². The van der Waals surface area contributed by atoms with Crippen LogP contribution in [-0.2, 0) is 13.3 Å². The number of esters is 1. The van der Waals surface area contributed by atoms with Gasteiger partial charge in [-0.15, -0.1) is 0 Å². The van der Waals surface area contributed by atoms with Gasteiger partial charge in [-0.3, -0.25) is 4.89 Å². The standard InChI is InChI=1S/C13H20NO6PS/c1-9(2)18-13(15)11-6-4-5-7-12(11)19-21(16,17)20-22-10(3)8-14/h4-7,9-10H,8,14H2,1-3H3,(H,16,17). The van der Waals surface area contributed by atoms with Crippen LogP contribution in [0.3, 0.4) is 0 Å². The lowest BCUT2D eigenvalue weighted by Crippen LogP contribution is -2.14. The molecule has 3 N–H and O–H groups in total. The smallest absolute Gasteiger partial charge is 0.459 e. The topological polar surface area (TPSA) is 108 Å². The number of para-hydroxylation sites is 1. The third-order valence-electron chi connectivity index (χ3n) is 2.30. The van der Waals surface area contributed by atoms with Crippen LogP contribution in [0.4, 0.5) is 0 Å². The molecule has 22 heavy (non-hydrogen) atoms. The van der Waals surface area contributed by atoms with Gasteiger partial charge < -0.3 is 15.0 Å². The molecule has 0 aromatic heterocycles. The summed E-state index contributed by atoms with van der Waals surface area (Å²) in [7, 11) is -4.38. The second kappa shape index (κ2) is 8.55. The Morgan fingerprint density at radius 1 is 1.36 bits per heavy atom. The van der Waals surface area contributed by atoms with E-state index in [1.54, 1.807) is 32.9 Å². The van der Waals surface area contributed by atoms with Crippen molar-refractivity contribution in [1.82, 2.24) is 0 Å². The zero-order valence-electron chi connectivity index (χ0n) is 12.6. The first-order valence-electron chi connectivity index (χ1n) is 6.62.